The number of amides is 1. The van der Waals surface area contributed by atoms with Crippen LogP contribution >= 0.6 is 11.3 Å². The van der Waals surface area contributed by atoms with Gasteiger partial charge in [0.25, 0.3) is 5.69 Å². The fourth-order valence-electron chi connectivity index (χ4n) is 2.62. The van der Waals surface area contributed by atoms with Gasteiger partial charge in [-0.05, 0) is 18.2 Å². The third kappa shape index (κ3) is 4.44. The molecule has 0 aliphatic carbocycles. The highest BCUT2D eigenvalue weighted by molar-refractivity contribution is 7.16. The van der Waals surface area contributed by atoms with Crippen molar-refractivity contribution >= 4 is 39.8 Å². The van der Waals surface area contributed by atoms with Crippen molar-refractivity contribution in [2.75, 3.05) is 31.1 Å². The Kier molecular flexibility index (Phi) is 5.41. The fourth-order valence-corrected chi connectivity index (χ4v) is 3.34. The molecule has 0 saturated carbocycles. The van der Waals surface area contributed by atoms with Gasteiger partial charge >= 0.3 is 5.00 Å². The van der Waals surface area contributed by atoms with Gasteiger partial charge in [0.15, 0.2) is 0 Å². The van der Waals surface area contributed by atoms with Crippen LogP contribution in [0.3, 0.4) is 0 Å². The molecule has 1 saturated heterocycles. The van der Waals surface area contributed by atoms with Gasteiger partial charge in [-0.3, -0.25) is 25.0 Å². The summed E-state index contributed by atoms with van der Waals surface area (Å²) in [7, 11) is 0. The van der Waals surface area contributed by atoms with E-state index in [-0.39, 0.29) is 16.6 Å². The molecular formula is C16H15N5O5S. The van der Waals surface area contributed by atoms with Crippen molar-refractivity contribution in [1.82, 2.24) is 9.88 Å². The van der Waals surface area contributed by atoms with E-state index in [9.17, 15) is 25.0 Å². The van der Waals surface area contributed by atoms with Crippen molar-refractivity contribution in [2.45, 2.75) is 0 Å². The zero-order valence-corrected chi connectivity index (χ0v) is 14.9. The maximum Gasteiger partial charge on any atom is 0.324 e. The topological polar surface area (TPSA) is 123 Å². The van der Waals surface area contributed by atoms with E-state index in [0.717, 1.165) is 11.3 Å². The Labute approximate surface area is 157 Å². The molecule has 3 rings (SSSR count). The number of thiophene rings is 1. The minimum absolute atomic E-state index is 0.0336. The van der Waals surface area contributed by atoms with Crippen LogP contribution in [0.4, 0.5) is 16.5 Å². The summed E-state index contributed by atoms with van der Waals surface area (Å²) in [6, 6.07) is 6.01. The Morgan fingerprint density at radius 2 is 1.81 bits per heavy atom. The van der Waals surface area contributed by atoms with Gasteiger partial charge in [-0.25, -0.2) is 4.98 Å². The van der Waals surface area contributed by atoms with Crippen molar-refractivity contribution in [3.05, 3.63) is 61.6 Å². The van der Waals surface area contributed by atoms with Gasteiger partial charge in [0.2, 0.25) is 5.91 Å². The Morgan fingerprint density at radius 1 is 1.07 bits per heavy atom. The molecule has 0 N–H and O–H groups in total. The largest absolute Gasteiger partial charge is 0.353 e. The molecule has 11 heteroatoms. The number of carbonyl (C=O) groups excluding carboxylic acids is 1. The van der Waals surface area contributed by atoms with E-state index in [1.54, 1.807) is 23.1 Å². The molecule has 2 aromatic rings. The van der Waals surface area contributed by atoms with Crippen molar-refractivity contribution in [3.8, 4) is 0 Å². The van der Waals surface area contributed by atoms with Crippen LogP contribution in [0.5, 0.6) is 0 Å². The lowest BCUT2D eigenvalue weighted by molar-refractivity contribution is -0.385. The summed E-state index contributed by atoms with van der Waals surface area (Å²) in [4.78, 5) is 41.0. The first-order chi connectivity index (χ1) is 12.9. The number of hydrogen-bond acceptors (Lipinski definition) is 8. The lowest BCUT2D eigenvalue weighted by atomic mass is 10.3. The van der Waals surface area contributed by atoms with Crippen LogP contribution in [0.1, 0.15) is 4.88 Å². The van der Waals surface area contributed by atoms with Crippen LogP contribution < -0.4 is 4.90 Å². The molecule has 1 amide bonds. The highest BCUT2D eigenvalue weighted by atomic mass is 32.1. The standard InChI is InChI=1S/C16H15N5O5S/c22-15(5-2-13-3-6-16(27-13)21(25)26)19-9-7-18(8-10-19)14-4-1-12(11-17-14)20(23)24/h1-6,11H,7-10H2/b5-2+. The number of piperazine rings is 1. The predicted octanol–water partition coefficient (Wildman–Crippen LogP) is 2.32. The molecule has 140 valence electrons. The van der Waals surface area contributed by atoms with Crippen LogP contribution in [0.25, 0.3) is 6.08 Å². The number of nitrogens with zero attached hydrogens (tertiary/aromatic N) is 5. The first-order valence-electron chi connectivity index (χ1n) is 8.00. The number of pyridine rings is 1. The van der Waals surface area contributed by atoms with Crippen LogP contribution in [-0.4, -0.2) is 51.8 Å². The fraction of sp³-hybridized carbons (Fsp3) is 0.250. The van der Waals surface area contributed by atoms with Gasteiger partial charge in [0.05, 0.1) is 9.85 Å². The van der Waals surface area contributed by atoms with Gasteiger partial charge in [-0.15, -0.1) is 0 Å². The number of hydrogen-bond donors (Lipinski definition) is 0. The second-order valence-electron chi connectivity index (χ2n) is 5.71. The molecule has 0 spiro atoms. The van der Waals surface area contributed by atoms with Crippen LogP contribution in [0, 0.1) is 20.2 Å². The molecule has 0 atom stereocenters. The molecular weight excluding hydrogens is 374 g/mol. The maximum atomic E-state index is 12.3. The van der Waals surface area contributed by atoms with Gasteiger partial charge in [0.1, 0.15) is 12.0 Å². The number of aromatic nitrogens is 1. The van der Waals surface area contributed by atoms with Crippen molar-refractivity contribution in [1.29, 1.82) is 0 Å². The average Bonchev–Trinajstić information content (AvgIpc) is 3.16. The second kappa shape index (κ2) is 7.91. The first kappa shape index (κ1) is 18.5. The molecule has 0 unspecified atom stereocenters. The van der Waals surface area contributed by atoms with Crippen molar-refractivity contribution in [2.24, 2.45) is 0 Å². The number of nitro groups is 2. The second-order valence-corrected chi connectivity index (χ2v) is 6.80. The summed E-state index contributed by atoms with van der Waals surface area (Å²) in [6.45, 7) is 2.11. The zero-order chi connectivity index (χ0) is 19.4. The quantitative estimate of drug-likeness (QED) is 0.437. The number of carbonyl (C=O) groups is 1. The summed E-state index contributed by atoms with van der Waals surface area (Å²) in [5, 5.41) is 21.4. The SMILES string of the molecule is O=C(/C=C/c1ccc([N+](=O)[O-])s1)N1CCN(c2ccc([N+](=O)[O-])cn2)CC1. The van der Waals surface area contributed by atoms with E-state index in [1.165, 1.54) is 24.4 Å². The molecule has 1 fully saturated rings. The van der Waals surface area contributed by atoms with E-state index in [0.29, 0.717) is 36.9 Å². The van der Waals surface area contributed by atoms with Crippen LogP contribution in [0.15, 0.2) is 36.5 Å². The van der Waals surface area contributed by atoms with E-state index in [4.69, 9.17) is 0 Å². The van der Waals surface area contributed by atoms with Gasteiger partial charge in [-0.1, -0.05) is 11.3 Å². The highest BCUT2D eigenvalue weighted by Crippen LogP contribution is 2.25. The zero-order valence-electron chi connectivity index (χ0n) is 14.1. The summed E-state index contributed by atoms with van der Waals surface area (Å²) < 4.78 is 0. The van der Waals surface area contributed by atoms with E-state index < -0.39 is 9.85 Å². The van der Waals surface area contributed by atoms with Crippen molar-refractivity contribution < 1.29 is 14.6 Å². The lowest BCUT2D eigenvalue weighted by Crippen LogP contribution is -2.48. The van der Waals surface area contributed by atoms with E-state index >= 15 is 0 Å². The van der Waals surface area contributed by atoms with Crippen molar-refractivity contribution in [3.63, 3.8) is 0 Å². The summed E-state index contributed by atoms with van der Waals surface area (Å²) in [5.41, 5.74) is -0.0634. The van der Waals surface area contributed by atoms with E-state index in [1.807, 2.05) is 4.90 Å². The molecule has 10 nitrogen and oxygen atoms in total. The molecule has 1 aliphatic rings. The molecule has 2 aromatic heterocycles. The summed E-state index contributed by atoms with van der Waals surface area (Å²) >= 11 is 1.01. The van der Waals surface area contributed by atoms with Gasteiger partial charge in [-0.2, -0.15) is 0 Å². The highest BCUT2D eigenvalue weighted by Gasteiger charge is 2.21. The normalized spacial score (nSPS) is 14.5. The minimum atomic E-state index is -0.498. The number of anilines is 1. The Balaban J connectivity index is 1.54. The molecule has 1 aliphatic heterocycles. The third-order valence-electron chi connectivity index (χ3n) is 4.04. The Bertz CT molecular complexity index is 887. The Morgan fingerprint density at radius 3 is 2.37 bits per heavy atom. The van der Waals surface area contributed by atoms with E-state index in [2.05, 4.69) is 4.98 Å². The first-order valence-corrected chi connectivity index (χ1v) is 8.82. The summed E-state index contributed by atoms with van der Waals surface area (Å²) in [6.07, 6.45) is 4.20. The molecule has 0 aromatic carbocycles. The minimum Gasteiger partial charge on any atom is -0.353 e. The van der Waals surface area contributed by atoms with Crippen LogP contribution in [0.2, 0.25) is 0 Å². The lowest BCUT2D eigenvalue weighted by Gasteiger charge is -2.34. The molecule has 27 heavy (non-hydrogen) atoms. The third-order valence-corrected chi connectivity index (χ3v) is 5.04. The smallest absolute Gasteiger partial charge is 0.324 e. The predicted molar refractivity (Wildman–Crippen MR) is 99.7 cm³/mol. The maximum absolute atomic E-state index is 12.3. The molecule has 0 radical (unpaired) electrons. The van der Waals surface area contributed by atoms with Gasteiger partial charge < -0.3 is 9.80 Å². The number of rotatable bonds is 5. The molecule has 3 heterocycles. The van der Waals surface area contributed by atoms with Crippen LogP contribution in [-0.2, 0) is 4.79 Å². The van der Waals surface area contributed by atoms with Gasteiger partial charge in [0, 0.05) is 49.3 Å². The molecule has 0 bridgehead atoms. The average molecular weight is 389 g/mol. The summed E-state index contributed by atoms with van der Waals surface area (Å²) in [5.74, 6) is 0.469. The monoisotopic (exact) mass is 389 g/mol. The Hall–Kier alpha value is -3.34.